The summed E-state index contributed by atoms with van der Waals surface area (Å²) in [7, 11) is 0. The van der Waals surface area contributed by atoms with Crippen LogP contribution in [0.2, 0.25) is 5.02 Å². The Labute approximate surface area is 96.1 Å². The van der Waals surface area contributed by atoms with Gasteiger partial charge in [0.05, 0.1) is 5.02 Å². The van der Waals surface area contributed by atoms with E-state index in [1.807, 2.05) is 6.07 Å². The van der Waals surface area contributed by atoms with E-state index < -0.39 is 0 Å². The average molecular weight is 225 g/mol. The topological polar surface area (TPSA) is 24.9 Å². The molecule has 1 aromatic rings. The van der Waals surface area contributed by atoms with Crippen molar-refractivity contribution in [3.63, 3.8) is 0 Å². The van der Waals surface area contributed by atoms with Crippen molar-refractivity contribution in [3.05, 3.63) is 29.0 Å². The third-order valence-corrected chi connectivity index (χ3v) is 3.33. The van der Waals surface area contributed by atoms with Gasteiger partial charge in [0.25, 0.3) is 0 Å². The fraction of sp³-hybridized carbons (Fsp3) is 0.583. The van der Waals surface area contributed by atoms with E-state index in [-0.39, 0.29) is 0 Å². The monoisotopic (exact) mass is 224 g/mol. The van der Waals surface area contributed by atoms with Crippen LogP contribution in [-0.2, 0) is 6.54 Å². The van der Waals surface area contributed by atoms with Crippen LogP contribution in [0.5, 0.6) is 0 Å². The zero-order valence-corrected chi connectivity index (χ0v) is 9.80. The molecular weight excluding hydrogens is 208 g/mol. The second kappa shape index (κ2) is 4.95. The second-order valence-electron chi connectivity index (χ2n) is 4.24. The van der Waals surface area contributed by atoms with Crippen LogP contribution in [-0.4, -0.2) is 11.0 Å². The van der Waals surface area contributed by atoms with Crippen LogP contribution in [0.3, 0.4) is 0 Å². The van der Waals surface area contributed by atoms with Crippen LogP contribution in [0, 0.1) is 5.92 Å². The molecule has 0 aliphatic heterocycles. The highest BCUT2D eigenvalue weighted by atomic mass is 35.5. The van der Waals surface area contributed by atoms with Gasteiger partial charge in [-0.3, -0.25) is 4.98 Å². The summed E-state index contributed by atoms with van der Waals surface area (Å²) >= 11 is 6.02. The molecule has 1 aliphatic carbocycles. The summed E-state index contributed by atoms with van der Waals surface area (Å²) in [6, 6.07) is 2.70. The molecular formula is C12H17ClN2. The number of nitrogens with one attached hydrogen (secondary N) is 1. The summed E-state index contributed by atoms with van der Waals surface area (Å²) in [4.78, 5) is 3.97. The summed E-state index contributed by atoms with van der Waals surface area (Å²) in [6.45, 7) is 3.11. The van der Waals surface area contributed by atoms with Gasteiger partial charge in [-0.25, -0.2) is 0 Å². The number of pyridine rings is 1. The minimum Gasteiger partial charge on any atom is -0.310 e. The minimum absolute atomic E-state index is 0.717. The molecule has 1 aromatic heterocycles. The lowest BCUT2D eigenvalue weighted by atomic mass is 10.2. The molecule has 2 atom stereocenters. The number of aromatic nitrogens is 1. The van der Waals surface area contributed by atoms with Gasteiger partial charge >= 0.3 is 0 Å². The van der Waals surface area contributed by atoms with E-state index in [9.17, 15) is 0 Å². The Bertz CT molecular complexity index is 327. The maximum absolute atomic E-state index is 6.02. The molecule has 0 radical (unpaired) electrons. The van der Waals surface area contributed by atoms with Crippen LogP contribution < -0.4 is 5.32 Å². The van der Waals surface area contributed by atoms with Crippen molar-refractivity contribution in [2.24, 2.45) is 5.92 Å². The number of nitrogens with zero attached hydrogens (tertiary/aromatic N) is 1. The lowest BCUT2D eigenvalue weighted by Crippen LogP contribution is -2.17. The van der Waals surface area contributed by atoms with Crippen molar-refractivity contribution in [2.75, 3.05) is 0 Å². The normalized spacial score (nSPS) is 24.1. The third kappa shape index (κ3) is 2.93. The summed E-state index contributed by atoms with van der Waals surface area (Å²) in [5.41, 5.74) is 1.15. The molecule has 1 aliphatic rings. The Hall–Kier alpha value is -0.600. The largest absolute Gasteiger partial charge is 0.310 e. The van der Waals surface area contributed by atoms with E-state index in [0.717, 1.165) is 23.0 Å². The molecule has 1 saturated carbocycles. The van der Waals surface area contributed by atoms with Crippen molar-refractivity contribution in [2.45, 2.75) is 38.8 Å². The zero-order valence-electron chi connectivity index (χ0n) is 9.04. The fourth-order valence-corrected chi connectivity index (χ4v) is 2.16. The highest BCUT2D eigenvalue weighted by Crippen LogP contribution is 2.34. The highest BCUT2D eigenvalue weighted by molar-refractivity contribution is 6.31. The first kappa shape index (κ1) is 10.9. The summed E-state index contributed by atoms with van der Waals surface area (Å²) in [6.07, 6.45) is 7.46. The van der Waals surface area contributed by atoms with Crippen LogP contribution in [0.25, 0.3) is 0 Å². The van der Waals surface area contributed by atoms with E-state index in [2.05, 4.69) is 17.2 Å². The van der Waals surface area contributed by atoms with Crippen molar-refractivity contribution in [3.8, 4) is 0 Å². The standard InChI is InChI=1S/C12H17ClN2/c1-2-3-9-6-12(9)15-7-10-4-5-14-8-11(10)13/h4-5,8-9,12,15H,2-3,6-7H2,1H3. The van der Waals surface area contributed by atoms with Gasteiger partial charge in [0.15, 0.2) is 0 Å². The van der Waals surface area contributed by atoms with E-state index in [1.54, 1.807) is 12.4 Å². The Morgan fingerprint density at radius 2 is 2.47 bits per heavy atom. The van der Waals surface area contributed by atoms with Crippen molar-refractivity contribution in [1.82, 2.24) is 10.3 Å². The van der Waals surface area contributed by atoms with Gasteiger partial charge in [-0.2, -0.15) is 0 Å². The Balaban J connectivity index is 1.78. The quantitative estimate of drug-likeness (QED) is 0.832. The van der Waals surface area contributed by atoms with Gasteiger partial charge in [0.1, 0.15) is 0 Å². The molecule has 82 valence electrons. The van der Waals surface area contributed by atoms with Gasteiger partial charge in [-0.05, 0) is 30.4 Å². The molecule has 0 bridgehead atoms. The fourth-order valence-electron chi connectivity index (χ4n) is 1.98. The van der Waals surface area contributed by atoms with Crippen LogP contribution >= 0.6 is 11.6 Å². The third-order valence-electron chi connectivity index (χ3n) is 2.99. The first-order chi connectivity index (χ1) is 7.31. The lowest BCUT2D eigenvalue weighted by Gasteiger charge is -2.05. The Kier molecular flexibility index (Phi) is 3.60. The van der Waals surface area contributed by atoms with Crippen LogP contribution in [0.4, 0.5) is 0 Å². The maximum atomic E-state index is 6.02. The van der Waals surface area contributed by atoms with E-state index in [0.29, 0.717) is 6.04 Å². The Morgan fingerprint density at radius 1 is 1.60 bits per heavy atom. The molecule has 0 spiro atoms. The minimum atomic E-state index is 0.717. The SMILES string of the molecule is CCCC1CC1NCc1ccncc1Cl. The predicted octanol–water partition coefficient (Wildman–Crippen LogP) is 3.01. The zero-order chi connectivity index (χ0) is 10.7. The summed E-state index contributed by atoms with van der Waals surface area (Å²) < 4.78 is 0. The smallest absolute Gasteiger partial charge is 0.0634 e. The van der Waals surface area contributed by atoms with Gasteiger partial charge in [-0.15, -0.1) is 0 Å². The maximum Gasteiger partial charge on any atom is 0.0634 e. The molecule has 0 aromatic carbocycles. The first-order valence-electron chi connectivity index (χ1n) is 5.63. The van der Waals surface area contributed by atoms with Crippen molar-refractivity contribution in [1.29, 1.82) is 0 Å². The van der Waals surface area contributed by atoms with Crippen molar-refractivity contribution >= 4 is 11.6 Å². The van der Waals surface area contributed by atoms with Crippen molar-refractivity contribution < 1.29 is 0 Å². The molecule has 2 unspecified atom stereocenters. The van der Waals surface area contributed by atoms with Crippen LogP contribution in [0.15, 0.2) is 18.5 Å². The Morgan fingerprint density at radius 3 is 3.20 bits per heavy atom. The molecule has 0 amide bonds. The highest BCUT2D eigenvalue weighted by Gasteiger charge is 2.35. The molecule has 1 N–H and O–H groups in total. The van der Waals surface area contributed by atoms with E-state index in [1.165, 1.54) is 19.3 Å². The first-order valence-corrected chi connectivity index (χ1v) is 6.00. The number of hydrogen-bond donors (Lipinski definition) is 1. The number of halogens is 1. The predicted molar refractivity (Wildman–Crippen MR) is 62.9 cm³/mol. The van der Waals surface area contributed by atoms with Gasteiger partial charge < -0.3 is 5.32 Å². The van der Waals surface area contributed by atoms with E-state index >= 15 is 0 Å². The molecule has 2 nitrogen and oxygen atoms in total. The second-order valence-corrected chi connectivity index (χ2v) is 4.65. The lowest BCUT2D eigenvalue weighted by molar-refractivity contribution is 0.599. The molecule has 15 heavy (non-hydrogen) atoms. The number of rotatable bonds is 5. The van der Waals surface area contributed by atoms with Gasteiger partial charge in [-0.1, -0.05) is 24.9 Å². The van der Waals surface area contributed by atoms with Gasteiger partial charge in [0.2, 0.25) is 0 Å². The molecule has 3 heteroatoms. The molecule has 1 heterocycles. The van der Waals surface area contributed by atoms with Crippen LogP contribution in [0.1, 0.15) is 31.7 Å². The molecule has 1 fully saturated rings. The molecule has 2 rings (SSSR count). The summed E-state index contributed by atoms with van der Waals surface area (Å²) in [5, 5.41) is 4.30. The average Bonchev–Trinajstić information content (AvgIpc) is 2.96. The number of hydrogen-bond acceptors (Lipinski definition) is 2. The molecule has 0 saturated heterocycles. The van der Waals surface area contributed by atoms with Gasteiger partial charge in [0, 0.05) is 25.0 Å². The van der Waals surface area contributed by atoms with E-state index in [4.69, 9.17) is 11.6 Å². The summed E-state index contributed by atoms with van der Waals surface area (Å²) in [5.74, 6) is 0.899.